The zero-order valence-electron chi connectivity index (χ0n) is 23.5. The Morgan fingerprint density at radius 2 is 1.59 bits per heavy atom. The minimum Gasteiger partial charge on any atom is -0.480 e. The highest BCUT2D eigenvalue weighted by Gasteiger charge is 2.22. The smallest absolute Gasteiger partial charge is 0.326 e. The van der Waals surface area contributed by atoms with Gasteiger partial charge in [-0.1, -0.05) is 83.1 Å². The first kappa shape index (κ1) is 33.8. The Morgan fingerprint density at radius 1 is 1.00 bits per heavy atom. The first-order chi connectivity index (χ1) is 17.9. The topological polar surface area (TPSA) is 120 Å². The number of hydrogen-bond acceptors (Lipinski definition) is 4. The molecule has 0 saturated carbocycles. The van der Waals surface area contributed by atoms with Gasteiger partial charge < -0.3 is 26.5 Å². The minimum absolute atomic E-state index is 0.0909. The Bertz CT molecular complexity index is 987. The van der Waals surface area contributed by atoms with Crippen molar-refractivity contribution in [2.75, 3.05) is 13.1 Å². The molecule has 0 bridgehead atoms. The third kappa shape index (κ3) is 13.6. The summed E-state index contributed by atoms with van der Waals surface area (Å²) < 4.78 is 0. The van der Waals surface area contributed by atoms with Crippen LogP contribution < -0.4 is 16.4 Å². The molecule has 3 rings (SSSR count). The van der Waals surface area contributed by atoms with E-state index in [9.17, 15) is 14.7 Å². The summed E-state index contributed by atoms with van der Waals surface area (Å²) in [7, 11) is 0. The number of hydrogen-bond donors (Lipinski definition) is 5. The lowest BCUT2D eigenvalue weighted by Crippen LogP contribution is -2.47. The maximum Gasteiger partial charge on any atom is 0.326 e. The zero-order chi connectivity index (χ0) is 28.1. The molecule has 37 heavy (non-hydrogen) atoms. The van der Waals surface area contributed by atoms with Gasteiger partial charge in [0.05, 0.1) is 6.54 Å². The molecule has 1 amide bonds. The fourth-order valence-corrected chi connectivity index (χ4v) is 3.36. The largest absolute Gasteiger partial charge is 0.480 e. The average molecular weight is 513 g/mol. The number of nitrogens with two attached hydrogens (primary N) is 1. The van der Waals surface area contributed by atoms with Crippen molar-refractivity contribution in [3.8, 4) is 0 Å². The molecule has 1 unspecified atom stereocenters. The van der Waals surface area contributed by atoms with Crippen LogP contribution in [0.25, 0.3) is 10.9 Å². The van der Waals surface area contributed by atoms with Gasteiger partial charge in [0.15, 0.2) is 0 Å². The van der Waals surface area contributed by atoms with Crippen molar-refractivity contribution in [2.24, 2.45) is 5.73 Å². The number of aryl methyl sites for hydroxylation is 1. The van der Waals surface area contributed by atoms with Crippen molar-refractivity contribution in [3.05, 3.63) is 71.9 Å². The Labute approximate surface area is 223 Å². The predicted molar refractivity (Wildman–Crippen MR) is 156 cm³/mol. The summed E-state index contributed by atoms with van der Waals surface area (Å²) in [6, 6.07) is 17.1. The summed E-state index contributed by atoms with van der Waals surface area (Å²) in [5, 5.41) is 16.3. The van der Waals surface area contributed by atoms with Gasteiger partial charge in [-0.05, 0) is 49.9 Å². The van der Waals surface area contributed by atoms with E-state index in [4.69, 9.17) is 5.73 Å². The maximum atomic E-state index is 12.3. The summed E-state index contributed by atoms with van der Waals surface area (Å²) >= 11 is 0. The lowest BCUT2D eigenvalue weighted by atomic mass is 10.0. The van der Waals surface area contributed by atoms with Crippen molar-refractivity contribution in [1.29, 1.82) is 0 Å². The van der Waals surface area contributed by atoms with Gasteiger partial charge in [-0.3, -0.25) is 4.79 Å². The van der Waals surface area contributed by atoms with E-state index in [0.717, 1.165) is 42.3 Å². The summed E-state index contributed by atoms with van der Waals surface area (Å²) in [5.41, 5.74) is 8.11. The molecule has 1 aromatic heterocycles. The number of benzene rings is 2. The maximum absolute atomic E-state index is 12.3. The van der Waals surface area contributed by atoms with Crippen LogP contribution in [0.5, 0.6) is 0 Å². The van der Waals surface area contributed by atoms with Crippen LogP contribution in [0.4, 0.5) is 0 Å². The highest BCUT2D eigenvalue weighted by molar-refractivity contribution is 5.87. The van der Waals surface area contributed by atoms with E-state index in [0.29, 0.717) is 0 Å². The van der Waals surface area contributed by atoms with E-state index in [1.165, 1.54) is 5.56 Å². The summed E-state index contributed by atoms with van der Waals surface area (Å²) in [4.78, 5) is 27.1. The second-order valence-corrected chi connectivity index (χ2v) is 8.12. The molecule has 6 N–H and O–H groups in total. The number of carbonyl (C=O) groups excluding carboxylic acids is 1. The number of carboxylic acids is 1. The number of aromatic nitrogens is 1. The van der Waals surface area contributed by atoms with Gasteiger partial charge in [-0.15, -0.1) is 0 Å². The molecule has 1 heterocycles. The van der Waals surface area contributed by atoms with Gasteiger partial charge in [-0.25, -0.2) is 4.79 Å². The first-order valence-corrected chi connectivity index (χ1v) is 13.5. The quantitative estimate of drug-likeness (QED) is 0.239. The molecule has 206 valence electrons. The molecule has 2 aromatic carbocycles. The Hall–Kier alpha value is -3.16. The van der Waals surface area contributed by atoms with Crippen LogP contribution in [0.3, 0.4) is 0 Å². The van der Waals surface area contributed by atoms with Crippen molar-refractivity contribution in [2.45, 2.75) is 79.3 Å². The number of fused-ring (bicyclic) bond motifs is 1. The number of carbonyl (C=O) groups is 2. The number of aliphatic carboxylic acids is 1. The second kappa shape index (κ2) is 21.0. The molecule has 7 nitrogen and oxygen atoms in total. The van der Waals surface area contributed by atoms with Crippen LogP contribution in [0, 0.1) is 0 Å². The van der Waals surface area contributed by atoms with Gasteiger partial charge >= 0.3 is 5.97 Å². The second-order valence-electron chi connectivity index (χ2n) is 8.12. The molecule has 3 aromatic rings. The van der Waals surface area contributed by atoms with Crippen molar-refractivity contribution in [3.63, 3.8) is 0 Å². The highest BCUT2D eigenvalue weighted by atomic mass is 16.4. The molecule has 0 aliphatic carbocycles. The number of carboxylic acid groups (broad SMARTS) is 1. The molecule has 0 saturated heterocycles. The summed E-state index contributed by atoms with van der Waals surface area (Å²) in [5.74, 6) is -1.36. The molecule has 0 spiro atoms. The normalized spacial score (nSPS) is 11.4. The van der Waals surface area contributed by atoms with Gasteiger partial charge in [0.2, 0.25) is 5.91 Å². The number of rotatable bonds is 11. The Kier molecular flexibility index (Phi) is 19.2. The van der Waals surface area contributed by atoms with Crippen LogP contribution >= 0.6 is 0 Å². The van der Waals surface area contributed by atoms with Crippen molar-refractivity contribution in [1.82, 2.24) is 15.6 Å². The molecule has 0 aliphatic rings. The van der Waals surface area contributed by atoms with Crippen LogP contribution in [-0.2, 0) is 22.4 Å². The molecular weight excluding hydrogens is 464 g/mol. The minimum atomic E-state index is -1.04. The lowest BCUT2D eigenvalue weighted by molar-refractivity contribution is -0.141. The van der Waals surface area contributed by atoms with Gasteiger partial charge in [0.1, 0.15) is 6.04 Å². The van der Waals surface area contributed by atoms with Crippen molar-refractivity contribution < 1.29 is 14.7 Å². The Balaban J connectivity index is 0.00000145. The molecular formula is C30H48N4O3. The predicted octanol–water partition coefficient (Wildman–Crippen LogP) is 5.30. The number of amides is 1. The van der Waals surface area contributed by atoms with Crippen LogP contribution in [0.2, 0.25) is 0 Å². The zero-order valence-corrected chi connectivity index (χ0v) is 23.5. The van der Waals surface area contributed by atoms with E-state index in [2.05, 4.69) is 34.7 Å². The first-order valence-electron chi connectivity index (χ1n) is 13.5. The number of nitrogens with one attached hydrogen (secondary N) is 3. The fourth-order valence-electron chi connectivity index (χ4n) is 3.36. The van der Waals surface area contributed by atoms with Gasteiger partial charge in [-0.2, -0.15) is 0 Å². The molecule has 0 aliphatic heterocycles. The number of H-pyrrole nitrogens is 1. The summed E-state index contributed by atoms with van der Waals surface area (Å²) in [6.07, 6.45) is 4.95. The van der Waals surface area contributed by atoms with E-state index < -0.39 is 12.0 Å². The molecule has 0 fully saturated rings. The Morgan fingerprint density at radius 3 is 2.19 bits per heavy atom. The van der Waals surface area contributed by atoms with Crippen LogP contribution in [-0.4, -0.2) is 47.1 Å². The van der Waals surface area contributed by atoms with Crippen LogP contribution in [0.1, 0.15) is 65.5 Å². The average Bonchev–Trinajstić information content (AvgIpc) is 3.36. The van der Waals surface area contributed by atoms with Crippen LogP contribution in [0.15, 0.2) is 60.8 Å². The van der Waals surface area contributed by atoms with Crippen molar-refractivity contribution >= 4 is 22.8 Å². The van der Waals surface area contributed by atoms with E-state index in [1.54, 1.807) is 6.20 Å². The van der Waals surface area contributed by atoms with Gasteiger partial charge in [0.25, 0.3) is 0 Å². The fraction of sp³-hybridized carbons (Fsp3) is 0.467. The molecule has 0 radical (unpaired) electrons. The monoisotopic (exact) mass is 512 g/mol. The summed E-state index contributed by atoms with van der Waals surface area (Å²) in [6.45, 7) is 13.0. The number of para-hydroxylation sites is 1. The standard InChI is InChI=1S/C23H27N3O3.C3H9N.2C2H6/c1-16(11-12-17-7-3-2-4-8-17)24-15-22(27)26-21(23(28)29)13-18-14-25-20-10-6-5-9-19(18)20;1-2-3-4;2*1-2/h2-10,14,16,21,24-25H,11-13,15H2,1H3,(H,26,27)(H,28,29);2-4H2,1H3;2*1-2H3/t16?,21-;;;/m0.../s1. The highest BCUT2D eigenvalue weighted by Crippen LogP contribution is 2.19. The third-order valence-electron chi connectivity index (χ3n) is 5.34. The third-order valence-corrected chi connectivity index (χ3v) is 5.34. The SMILES string of the molecule is CC.CC.CC(CCc1ccccc1)NCC(=O)N[C@@H](Cc1c[nH]c2ccccc12)C(=O)O.CCCN. The van der Waals surface area contributed by atoms with E-state index in [-0.39, 0.29) is 24.9 Å². The van der Waals surface area contributed by atoms with E-state index in [1.807, 2.05) is 77.1 Å². The number of aromatic amines is 1. The van der Waals surface area contributed by atoms with Gasteiger partial charge in [0, 0.05) is 29.6 Å². The van der Waals surface area contributed by atoms with E-state index >= 15 is 0 Å². The molecule has 2 atom stereocenters. The molecule has 7 heteroatoms. The lowest BCUT2D eigenvalue weighted by Gasteiger charge is -2.17.